The number of hydrogen-bond acceptors (Lipinski definition) is 4. The summed E-state index contributed by atoms with van der Waals surface area (Å²) in [4.78, 5) is 34.6. The number of hydrogen-bond donors (Lipinski definition) is 3. The highest BCUT2D eigenvalue weighted by Gasteiger charge is 2.21. The van der Waals surface area contributed by atoms with Gasteiger partial charge < -0.3 is 21.1 Å². The van der Waals surface area contributed by atoms with E-state index < -0.39 is 18.0 Å². The number of urea groups is 1. The van der Waals surface area contributed by atoms with Crippen LogP contribution in [-0.4, -0.2) is 31.1 Å². The summed E-state index contributed by atoms with van der Waals surface area (Å²) in [5, 5.41) is 5.47. The number of rotatable bonds is 8. The number of benzene rings is 1. The first-order valence-corrected chi connectivity index (χ1v) is 7.90. The largest absolute Gasteiger partial charge is 0.456 e. The zero-order chi connectivity index (χ0) is 18.1. The van der Waals surface area contributed by atoms with Gasteiger partial charge in [0.1, 0.15) is 0 Å². The summed E-state index contributed by atoms with van der Waals surface area (Å²) in [7, 11) is 0. The average Bonchev–Trinajstić information content (AvgIpc) is 2.50. The third-order valence-electron chi connectivity index (χ3n) is 3.04. The van der Waals surface area contributed by atoms with Gasteiger partial charge in [0.25, 0.3) is 5.91 Å². The van der Waals surface area contributed by atoms with Crippen LogP contribution in [0.1, 0.15) is 31.9 Å². The molecule has 1 atom stereocenters. The first-order chi connectivity index (χ1) is 11.3. The molecule has 0 heterocycles. The molecule has 0 aromatic heterocycles. The SMILES string of the molecule is CC(C)CNC(=O)COC(=O)C[C@H](NC(N)=O)c1ccccc1Cl. The molecular weight excluding hydrogens is 334 g/mol. The second-order valence-electron chi connectivity index (χ2n) is 5.65. The van der Waals surface area contributed by atoms with Crippen molar-refractivity contribution in [3.63, 3.8) is 0 Å². The third kappa shape index (κ3) is 7.32. The van der Waals surface area contributed by atoms with E-state index in [1.165, 1.54) is 0 Å². The molecule has 1 aromatic carbocycles. The van der Waals surface area contributed by atoms with Gasteiger partial charge in [-0.1, -0.05) is 43.6 Å². The number of primary amides is 1. The van der Waals surface area contributed by atoms with Crippen molar-refractivity contribution in [3.8, 4) is 0 Å². The molecule has 0 saturated carbocycles. The lowest BCUT2D eigenvalue weighted by Crippen LogP contribution is -2.35. The van der Waals surface area contributed by atoms with Crippen molar-refractivity contribution in [1.82, 2.24) is 10.6 Å². The van der Waals surface area contributed by atoms with Crippen LogP contribution in [-0.2, 0) is 14.3 Å². The first kappa shape index (κ1) is 19.8. The van der Waals surface area contributed by atoms with Crippen molar-refractivity contribution in [2.24, 2.45) is 11.7 Å². The maximum Gasteiger partial charge on any atom is 0.312 e. The summed E-state index contributed by atoms with van der Waals surface area (Å²) in [5.41, 5.74) is 5.68. The molecule has 0 radical (unpaired) electrons. The summed E-state index contributed by atoms with van der Waals surface area (Å²) in [6.07, 6.45) is -0.190. The molecule has 8 heteroatoms. The van der Waals surface area contributed by atoms with Crippen molar-refractivity contribution in [3.05, 3.63) is 34.9 Å². The van der Waals surface area contributed by atoms with E-state index in [9.17, 15) is 14.4 Å². The predicted molar refractivity (Wildman–Crippen MR) is 90.3 cm³/mol. The second-order valence-corrected chi connectivity index (χ2v) is 6.05. The number of halogens is 1. The van der Waals surface area contributed by atoms with Gasteiger partial charge >= 0.3 is 12.0 Å². The maximum absolute atomic E-state index is 11.9. The van der Waals surface area contributed by atoms with Gasteiger partial charge in [0, 0.05) is 11.6 Å². The molecule has 0 unspecified atom stereocenters. The molecule has 3 amide bonds. The Balaban J connectivity index is 2.61. The van der Waals surface area contributed by atoms with E-state index in [0.29, 0.717) is 23.0 Å². The van der Waals surface area contributed by atoms with Crippen molar-refractivity contribution in [1.29, 1.82) is 0 Å². The van der Waals surface area contributed by atoms with E-state index in [-0.39, 0.29) is 18.9 Å². The predicted octanol–water partition coefficient (Wildman–Crippen LogP) is 1.75. The highest BCUT2D eigenvalue weighted by atomic mass is 35.5. The van der Waals surface area contributed by atoms with Crippen LogP contribution in [0, 0.1) is 5.92 Å². The molecule has 0 spiro atoms. The Morgan fingerprint density at radius 2 is 1.92 bits per heavy atom. The minimum atomic E-state index is -0.789. The summed E-state index contributed by atoms with van der Waals surface area (Å²) >= 11 is 6.08. The fourth-order valence-electron chi connectivity index (χ4n) is 1.91. The van der Waals surface area contributed by atoms with Crippen molar-refractivity contribution in [2.45, 2.75) is 26.3 Å². The molecular formula is C16H22ClN3O4. The molecule has 0 aliphatic heterocycles. The molecule has 0 aliphatic rings. The molecule has 7 nitrogen and oxygen atoms in total. The highest BCUT2D eigenvalue weighted by molar-refractivity contribution is 6.31. The highest BCUT2D eigenvalue weighted by Crippen LogP contribution is 2.25. The van der Waals surface area contributed by atoms with Crippen LogP contribution in [0.2, 0.25) is 5.02 Å². The van der Waals surface area contributed by atoms with Crippen LogP contribution in [0.3, 0.4) is 0 Å². The van der Waals surface area contributed by atoms with Crippen LogP contribution >= 0.6 is 11.6 Å². The normalized spacial score (nSPS) is 11.7. The number of amides is 3. The number of nitrogens with one attached hydrogen (secondary N) is 2. The number of nitrogens with two attached hydrogens (primary N) is 1. The van der Waals surface area contributed by atoms with Gasteiger partial charge in [0.15, 0.2) is 6.61 Å². The molecule has 0 saturated heterocycles. The summed E-state index contributed by atoms with van der Waals surface area (Å²) in [6, 6.07) is 5.24. The van der Waals surface area contributed by atoms with E-state index in [4.69, 9.17) is 22.1 Å². The zero-order valence-corrected chi connectivity index (χ0v) is 14.4. The minimum Gasteiger partial charge on any atom is -0.456 e. The molecule has 0 aliphatic carbocycles. The van der Waals surface area contributed by atoms with Crippen LogP contribution in [0.4, 0.5) is 4.79 Å². The smallest absolute Gasteiger partial charge is 0.312 e. The van der Waals surface area contributed by atoms with Crippen molar-refractivity contribution >= 4 is 29.5 Å². The summed E-state index contributed by atoms with van der Waals surface area (Å²) in [5.74, 6) is -0.725. The van der Waals surface area contributed by atoms with Crippen LogP contribution < -0.4 is 16.4 Å². The monoisotopic (exact) mass is 355 g/mol. The zero-order valence-electron chi connectivity index (χ0n) is 13.7. The topological polar surface area (TPSA) is 111 Å². The number of esters is 1. The van der Waals surface area contributed by atoms with E-state index in [2.05, 4.69) is 10.6 Å². The van der Waals surface area contributed by atoms with E-state index in [1.807, 2.05) is 13.8 Å². The molecule has 1 rings (SSSR count). The van der Waals surface area contributed by atoms with Crippen LogP contribution in [0.15, 0.2) is 24.3 Å². The van der Waals surface area contributed by atoms with E-state index in [1.54, 1.807) is 24.3 Å². The maximum atomic E-state index is 11.9. The van der Waals surface area contributed by atoms with Gasteiger partial charge in [0.2, 0.25) is 0 Å². The Morgan fingerprint density at radius 3 is 2.50 bits per heavy atom. The second kappa shape index (κ2) is 9.77. The van der Waals surface area contributed by atoms with Gasteiger partial charge in [-0.05, 0) is 17.5 Å². The third-order valence-corrected chi connectivity index (χ3v) is 3.38. The number of ether oxygens (including phenoxy) is 1. The van der Waals surface area contributed by atoms with Crippen molar-refractivity contribution in [2.75, 3.05) is 13.2 Å². The van der Waals surface area contributed by atoms with Gasteiger partial charge in [0.05, 0.1) is 12.5 Å². The Kier molecular flexibility index (Phi) is 8.05. The molecule has 4 N–H and O–H groups in total. The first-order valence-electron chi connectivity index (χ1n) is 7.52. The molecule has 0 bridgehead atoms. The number of carbonyl (C=O) groups is 3. The average molecular weight is 356 g/mol. The van der Waals surface area contributed by atoms with Gasteiger partial charge in [-0.2, -0.15) is 0 Å². The van der Waals surface area contributed by atoms with E-state index in [0.717, 1.165) is 0 Å². The summed E-state index contributed by atoms with van der Waals surface area (Å²) < 4.78 is 4.92. The van der Waals surface area contributed by atoms with Crippen molar-refractivity contribution < 1.29 is 19.1 Å². The Labute approximate surface area is 145 Å². The fourth-order valence-corrected chi connectivity index (χ4v) is 2.18. The standard InChI is InChI=1S/C16H22ClN3O4/c1-10(2)8-19-14(21)9-24-15(22)7-13(20-16(18)23)11-5-3-4-6-12(11)17/h3-6,10,13H,7-9H2,1-2H3,(H,19,21)(H3,18,20,23)/t13-/m0/s1. The van der Waals surface area contributed by atoms with E-state index >= 15 is 0 Å². The molecule has 1 aromatic rings. The molecule has 132 valence electrons. The Morgan fingerprint density at radius 1 is 1.25 bits per heavy atom. The summed E-state index contributed by atoms with van der Waals surface area (Å²) in [6.45, 7) is 4.03. The Hall–Kier alpha value is -2.28. The quantitative estimate of drug-likeness (QED) is 0.617. The van der Waals surface area contributed by atoms with Gasteiger partial charge in [-0.3, -0.25) is 9.59 Å². The minimum absolute atomic E-state index is 0.190. The molecule has 24 heavy (non-hydrogen) atoms. The lowest BCUT2D eigenvalue weighted by molar-refractivity contribution is -0.149. The Bertz CT molecular complexity index is 592. The fraction of sp³-hybridized carbons (Fsp3) is 0.438. The molecule has 0 fully saturated rings. The van der Waals surface area contributed by atoms with Gasteiger partial charge in [-0.15, -0.1) is 0 Å². The lowest BCUT2D eigenvalue weighted by atomic mass is 10.0. The lowest BCUT2D eigenvalue weighted by Gasteiger charge is -2.18. The number of carbonyl (C=O) groups excluding carboxylic acids is 3. The van der Waals surface area contributed by atoms with Crippen LogP contribution in [0.5, 0.6) is 0 Å². The van der Waals surface area contributed by atoms with Crippen LogP contribution in [0.25, 0.3) is 0 Å². The van der Waals surface area contributed by atoms with Gasteiger partial charge in [-0.25, -0.2) is 4.79 Å².